The standard InChI is InChI=1S/C8H13NO3S/c10-13(11,12)8-4-7-9-5-2-1-3-6-9/h1-3,5H,4,6-8H2,(H,10,11,12)/q+1/p-1. The first-order valence-electron chi connectivity index (χ1n) is 4.09. The van der Waals surface area contributed by atoms with E-state index in [1.165, 1.54) is 0 Å². The monoisotopic (exact) mass is 202 g/mol. The third-order valence-electron chi connectivity index (χ3n) is 1.72. The van der Waals surface area contributed by atoms with Crippen molar-refractivity contribution in [3.63, 3.8) is 0 Å². The highest BCUT2D eigenvalue weighted by Crippen LogP contribution is 1.97. The molecule has 0 aromatic heterocycles. The van der Waals surface area contributed by atoms with E-state index in [4.69, 9.17) is 0 Å². The van der Waals surface area contributed by atoms with Gasteiger partial charge in [0.25, 0.3) is 0 Å². The molecule has 0 bridgehead atoms. The summed E-state index contributed by atoms with van der Waals surface area (Å²) in [5.41, 5.74) is 0. The van der Waals surface area contributed by atoms with Crippen molar-refractivity contribution in [2.75, 3.05) is 18.8 Å². The Labute approximate surface area is 78.3 Å². The van der Waals surface area contributed by atoms with Gasteiger partial charge in [-0.1, -0.05) is 6.08 Å². The topological polar surface area (TPSA) is 63.1 Å². The smallest absolute Gasteiger partial charge is 0.146 e. The van der Waals surface area contributed by atoms with Gasteiger partial charge < -0.3 is 4.55 Å². The molecule has 0 saturated heterocycles. The molecule has 73 valence electrons. The minimum atomic E-state index is -4.04. The van der Waals surface area contributed by atoms with Gasteiger partial charge in [0, 0.05) is 12.2 Å². The molecule has 0 saturated carbocycles. The molecule has 0 unspecified atom stereocenters. The van der Waals surface area contributed by atoms with Crippen LogP contribution in [0.25, 0.3) is 0 Å². The van der Waals surface area contributed by atoms with Gasteiger partial charge in [0.1, 0.15) is 19.3 Å². The Hall–Kier alpha value is -0.650. The quantitative estimate of drug-likeness (QED) is 0.481. The van der Waals surface area contributed by atoms with Gasteiger partial charge in [-0.2, -0.15) is 0 Å². The van der Waals surface area contributed by atoms with Gasteiger partial charge in [-0.15, -0.1) is 4.90 Å². The van der Waals surface area contributed by atoms with E-state index in [0.29, 0.717) is 13.0 Å². The zero-order chi connectivity index (χ0) is 9.73. The van der Waals surface area contributed by atoms with E-state index in [0.717, 1.165) is 6.54 Å². The molecule has 0 aromatic rings. The predicted octanol–water partition coefficient (Wildman–Crippen LogP) is 0.145. The maximum Gasteiger partial charge on any atom is 0.146 e. The molecular weight excluding hydrogens is 190 g/mol. The number of nitrogens with zero attached hydrogens (tertiary/aromatic N) is 1. The van der Waals surface area contributed by atoms with Gasteiger partial charge in [0.2, 0.25) is 0 Å². The van der Waals surface area contributed by atoms with E-state index < -0.39 is 10.1 Å². The van der Waals surface area contributed by atoms with Crippen molar-refractivity contribution in [1.82, 2.24) is 4.90 Å². The third-order valence-corrected chi connectivity index (χ3v) is 2.51. The molecule has 0 aromatic carbocycles. The van der Waals surface area contributed by atoms with Crippen molar-refractivity contribution < 1.29 is 13.0 Å². The van der Waals surface area contributed by atoms with Gasteiger partial charge in [-0.3, -0.25) is 0 Å². The van der Waals surface area contributed by atoms with Crippen LogP contribution in [-0.2, 0) is 10.1 Å². The van der Waals surface area contributed by atoms with Crippen LogP contribution >= 0.6 is 0 Å². The maximum atomic E-state index is 10.3. The Kier molecular flexibility index (Phi) is 3.65. The second-order valence-electron chi connectivity index (χ2n) is 2.88. The number of rotatable bonds is 4. The van der Waals surface area contributed by atoms with Crippen LogP contribution in [0.4, 0.5) is 0 Å². The molecule has 4 nitrogen and oxygen atoms in total. The Morgan fingerprint density at radius 3 is 2.69 bits per heavy atom. The molecular formula is C8H12NO3S. The molecule has 1 radical (unpaired) electrons. The van der Waals surface area contributed by atoms with Crippen molar-refractivity contribution in [3.8, 4) is 0 Å². The Morgan fingerprint density at radius 1 is 1.38 bits per heavy atom. The van der Waals surface area contributed by atoms with Gasteiger partial charge in [0.15, 0.2) is 0 Å². The molecule has 1 aliphatic heterocycles. The first kappa shape index (κ1) is 10.4. The molecule has 0 fully saturated rings. The molecule has 1 rings (SSSR count). The first-order chi connectivity index (χ1) is 6.08. The van der Waals surface area contributed by atoms with Crippen LogP contribution < -0.4 is 4.90 Å². The minimum Gasteiger partial charge on any atom is -0.748 e. The van der Waals surface area contributed by atoms with Crippen molar-refractivity contribution in [3.05, 3.63) is 24.4 Å². The van der Waals surface area contributed by atoms with Crippen LogP contribution in [-0.4, -0.2) is 31.8 Å². The highest BCUT2D eigenvalue weighted by Gasteiger charge is 2.11. The lowest BCUT2D eigenvalue weighted by atomic mass is 10.3. The first-order valence-corrected chi connectivity index (χ1v) is 5.66. The van der Waals surface area contributed by atoms with Crippen LogP contribution in [0.15, 0.2) is 24.4 Å². The highest BCUT2D eigenvalue weighted by atomic mass is 32.2. The molecule has 1 heterocycles. The fourth-order valence-electron chi connectivity index (χ4n) is 1.12. The number of hydrogen-bond donors (Lipinski definition) is 0. The average Bonchev–Trinajstić information content (AvgIpc) is 2.04. The molecule has 0 atom stereocenters. The lowest BCUT2D eigenvalue weighted by Crippen LogP contribution is -2.27. The van der Waals surface area contributed by atoms with Crippen LogP contribution in [0, 0.1) is 0 Å². The summed E-state index contributed by atoms with van der Waals surface area (Å²) in [6, 6.07) is 0. The molecule has 13 heavy (non-hydrogen) atoms. The second-order valence-corrected chi connectivity index (χ2v) is 4.40. The maximum absolute atomic E-state index is 10.3. The van der Waals surface area contributed by atoms with Crippen molar-refractivity contribution in [1.29, 1.82) is 0 Å². The Morgan fingerprint density at radius 2 is 2.15 bits per heavy atom. The van der Waals surface area contributed by atoms with E-state index in [2.05, 4.69) is 0 Å². The van der Waals surface area contributed by atoms with Gasteiger partial charge >= 0.3 is 0 Å². The van der Waals surface area contributed by atoms with Crippen LogP contribution in [0.3, 0.4) is 0 Å². The van der Waals surface area contributed by atoms with E-state index in [1.54, 1.807) is 0 Å². The van der Waals surface area contributed by atoms with E-state index in [1.807, 2.05) is 29.3 Å². The Bertz CT molecular complexity index is 305. The summed E-state index contributed by atoms with van der Waals surface area (Å²) in [6.07, 6.45) is 8.07. The van der Waals surface area contributed by atoms with E-state index >= 15 is 0 Å². The summed E-state index contributed by atoms with van der Waals surface area (Å²) in [7, 11) is -4.04. The minimum absolute atomic E-state index is 0.277. The largest absolute Gasteiger partial charge is 0.748 e. The zero-order valence-corrected chi connectivity index (χ0v) is 8.03. The molecule has 0 spiro atoms. The lowest BCUT2D eigenvalue weighted by Gasteiger charge is -2.08. The normalized spacial score (nSPS) is 17.9. The molecule has 5 heteroatoms. The van der Waals surface area contributed by atoms with E-state index in [-0.39, 0.29) is 5.75 Å². The molecule has 0 amide bonds. The number of hydrogen-bond acceptors (Lipinski definition) is 4. The van der Waals surface area contributed by atoms with Crippen LogP contribution in [0.5, 0.6) is 0 Å². The summed E-state index contributed by atoms with van der Waals surface area (Å²) in [6.45, 7) is 1.40. The SMILES string of the molecule is O=S(=O)([O-])CCC[N+]1C=CC=CC1. The van der Waals surface area contributed by atoms with Crippen molar-refractivity contribution in [2.45, 2.75) is 6.42 Å². The predicted molar refractivity (Wildman–Crippen MR) is 49.3 cm³/mol. The summed E-state index contributed by atoms with van der Waals surface area (Å²) in [4.78, 5) is 1.96. The van der Waals surface area contributed by atoms with Gasteiger partial charge in [-0.25, -0.2) is 8.42 Å². The molecule has 0 aliphatic carbocycles. The summed E-state index contributed by atoms with van der Waals surface area (Å²) < 4.78 is 30.8. The van der Waals surface area contributed by atoms with Crippen LogP contribution in [0.1, 0.15) is 6.42 Å². The van der Waals surface area contributed by atoms with Gasteiger partial charge in [-0.05, 0) is 12.2 Å². The Balaban J connectivity index is 2.20. The molecule has 1 aliphatic rings. The van der Waals surface area contributed by atoms with Gasteiger partial charge in [0.05, 0.1) is 10.1 Å². The highest BCUT2D eigenvalue weighted by molar-refractivity contribution is 7.85. The van der Waals surface area contributed by atoms with Crippen LogP contribution in [0.2, 0.25) is 0 Å². The third kappa shape index (κ3) is 4.82. The fourth-order valence-corrected chi connectivity index (χ4v) is 1.60. The summed E-state index contributed by atoms with van der Waals surface area (Å²) in [5.74, 6) is -0.277. The fraction of sp³-hybridized carbons (Fsp3) is 0.500. The molecule has 0 N–H and O–H groups in total. The van der Waals surface area contributed by atoms with Crippen molar-refractivity contribution >= 4 is 10.1 Å². The van der Waals surface area contributed by atoms with E-state index in [9.17, 15) is 13.0 Å². The number of allylic oxidation sites excluding steroid dienone is 2. The lowest BCUT2D eigenvalue weighted by molar-refractivity contribution is 0.457. The summed E-state index contributed by atoms with van der Waals surface area (Å²) >= 11 is 0. The zero-order valence-electron chi connectivity index (χ0n) is 7.22. The summed E-state index contributed by atoms with van der Waals surface area (Å²) in [5, 5.41) is 0. The second kappa shape index (κ2) is 4.55. The van der Waals surface area contributed by atoms with Crippen molar-refractivity contribution in [2.24, 2.45) is 0 Å². The average molecular weight is 202 g/mol.